The predicted molar refractivity (Wildman–Crippen MR) is 88.1 cm³/mol. The van der Waals surface area contributed by atoms with E-state index in [0.29, 0.717) is 17.3 Å². The van der Waals surface area contributed by atoms with Crippen molar-refractivity contribution in [2.45, 2.75) is 13.5 Å². The summed E-state index contributed by atoms with van der Waals surface area (Å²) in [6, 6.07) is 5.16. The van der Waals surface area contributed by atoms with Crippen molar-refractivity contribution >= 4 is 33.2 Å². The van der Waals surface area contributed by atoms with Crippen LogP contribution in [0.5, 0.6) is 0 Å². The van der Waals surface area contributed by atoms with Gasteiger partial charge in [-0.25, -0.2) is 4.79 Å². The SMILES string of the molecule is Cc1cc(Br)c(NCc2cc(=O)n(C)c(=O)n2C)cc1Cl. The molecule has 0 saturated carbocycles. The Labute approximate surface area is 135 Å². The first kappa shape index (κ1) is 15.9. The summed E-state index contributed by atoms with van der Waals surface area (Å²) in [5, 5.41) is 3.82. The van der Waals surface area contributed by atoms with E-state index in [9.17, 15) is 9.59 Å². The second kappa shape index (κ2) is 6.07. The molecule has 0 aliphatic heterocycles. The lowest BCUT2D eigenvalue weighted by Gasteiger charge is -2.13. The molecule has 2 rings (SSSR count). The monoisotopic (exact) mass is 371 g/mol. The zero-order chi connectivity index (χ0) is 15.7. The minimum absolute atomic E-state index is 0.323. The van der Waals surface area contributed by atoms with E-state index in [1.54, 1.807) is 13.1 Å². The zero-order valence-corrected chi connectivity index (χ0v) is 14.2. The van der Waals surface area contributed by atoms with Crippen molar-refractivity contribution in [1.82, 2.24) is 9.13 Å². The van der Waals surface area contributed by atoms with Gasteiger partial charge in [0.05, 0.1) is 12.2 Å². The molecule has 0 amide bonds. The molecule has 1 N–H and O–H groups in total. The van der Waals surface area contributed by atoms with E-state index in [-0.39, 0.29) is 11.2 Å². The molecule has 112 valence electrons. The van der Waals surface area contributed by atoms with Gasteiger partial charge in [-0.2, -0.15) is 0 Å². The summed E-state index contributed by atoms with van der Waals surface area (Å²) < 4.78 is 3.39. The Bertz CT molecular complexity index is 811. The van der Waals surface area contributed by atoms with Crippen LogP contribution in [0.1, 0.15) is 11.3 Å². The van der Waals surface area contributed by atoms with Gasteiger partial charge in [-0.1, -0.05) is 11.6 Å². The summed E-state index contributed by atoms with van der Waals surface area (Å²) in [5.74, 6) is 0. The van der Waals surface area contributed by atoms with Crippen molar-refractivity contribution in [2.24, 2.45) is 14.1 Å². The first-order valence-corrected chi connectivity index (χ1v) is 7.44. The standard InChI is InChI=1S/C14H15BrClN3O2/c1-8-4-10(15)12(6-11(8)16)17-7-9-5-13(20)19(3)14(21)18(9)2/h4-6,17H,7H2,1-3H3. The van der Waals surface area contributed by atoms with Crippen molar-refractivity contribution in [3.8, 4) is 0 Å². The first-order valence-electron chi connectivity index (χ1n) is 6.26. The molecule has 0 fully saturated rings. The highest BCUT2D eigenvalue weighted by atomic mass is 79.9. The fourth-order valence-electron chi connectivity index (χ4n) is 1.92. The Balaban J connectivity index is 2.31. The minimum atomic E-state index is -0.347. The maximum Gasteiger partial charge on any atom is 0.330 e. The van der Waals surface area contributed by atoms with Gasteiger partial charge in [0.15, 0.2) is 0 Å². The Morgan fingerprint density at radius 3 is 2.52 bits per heavy atom. The molecule has 0 unspecified atom stereocenters. The third kappa shape index (κ3) is 3.22. The average molecular weight is 373 g/mol. The summed E-state index contributed by atoms with van der Waals surface area (Å²) in [4.78, 5) is 23.5. The maximum absolute atomic E-state index is 11.9. The van der Waals surface area contributed by atoms with Crippen LogP contribution >= 0.6 is 27.5 Å². The topological polar surface area (TPSA) is 56.0 Å². The third-order valence-corrected chi connectivity index (χ3v) is 4.40. The number of hydrogen-bond donors (Lipinski definition) is 1. The van der Waals surface area contributed by atoms with Gasteiger partial charge < -0.3 is 5.32 Å². The molecule has 2 aromatic rings. The van der Waals surface area contributed by atoms with E-state index in [0.717, 1.165) is 20.3 Å². The van der Waals surface area contributed by atoms with Gasteiger partial charge in [0, 0.05) is 35.4 Å². The van der Waals surface area contributed by atoms with Crippen LogP contribution in [-0.4, -0.2) is 9.13 Å². The fraction of sp³-hybridized carbons (Fsp3) is 0.286. The second-order valence-electron chi connectivity index (χ2n) is 4.81. The van der Waals surface area contributed by atoms with Crippen LogP contribution in [0.3, 0.4) is 0 Å². The van der Waals surface area contributed by atoms with E-state index < -0.39 is 0 Å². The van der Waals surface area contributed by atoms with Crippen LogP contribution in [0.25, 0.3) is 0 Å². The van der Waals surface area contributed by atoms with Gasteiger partial charge in [-0.15, -0.1) is 0 Å². The van der Waals surface area contributed by atoms with Crippen LogP contribution in [0.15, 0.2) is 32.3 Å². The molecule has 0 bridgehead atoms. The minimum Gasteiger partial charge on any atom is -0.379 e. The number of aryl methyl sites for hydroxylation is 1. The number of hydrogen-bond acceptors (Lipinski definition) is 3. The number of aromatic nitrogens is 2. The molecule has 1 heterocycles. The van der Waals surface area contributed by atoms with Gasteiger partial charge in [-0.05, 0) is 40.5 Å². The molecule has 0 spiro atoms. The molecular weight excluding hydrogens is 358 g/mol. The highest BCUT2D eigenvalue weighted by molar-refractivity contribution is 9.10. The van der Waals surface area contributed by atoms with Crippen LogP contribution in [-0.2, 0) is 20.6 Å². The van der Waals surface area contributed by atoms with E-state index in [1.807, 2.05) is 13.0 Å². The average Bonchev–Trinajstić information content (AvgIpc) is 2.44. The zero-order valence-electron chi connectivity index (χ0n) is 11.9. The van der Waals surface area contributed by atoms with Crippen LogP contribution < -0.4 is 16.6 Å². The molecule has 1 aromatic carbocycles. The highest BCUT2D eigenvalue weighted by Crippen LogP contribution is 2.29. The first-order chi connectivity index (χ1) is 9.81. The van der Waals surface area contributed by atoms with Gasteiger partial charge in [0.2, 0.25) is 0 Å². The summed E-state index contributed by atoms with van der Waals surface area (Å²) in [6.07, 6.45) is 0. The Hall–Kier alpha value is -1.53. The molecule has 0 saturated heterocycles. The van der Waals surface area contributed by atoms with Gasteiger partial charge in [0.25, 0.3) is 5.56 Å². The molecular formula is C14H15BrClN3O2. The van der Waals surface area contributed by atoms with Crippen molar-refractivity contribution in [3.63, 3.8) is 0 Å². The number of halogens is 2. The highest BCUT2D eigenvalue weighted by Gasteiger charge is 2.08. The van der Waals surface area contributed by atoms with E-state index in [1.165, 1.54) is 17.7 Å². The van der Waals surface area contributed by atoms with E-state index >= 15 is 0 Å². The molecule has 0 aliphatic rings. The van der Waals surface area contributed by atoms with E-state index in [2.05, 4.69) is 21.2 Å². The van der Waals surface area contributed by atoms with Crippen molar-refractivity contribution in [2.75, 3.05) is 5.32 Å². The molecule has 0 radical (unpaired) electrons. The lowest BCUT2D eigenvalue weighted by molar-refractivity contribution is 0.655. The van der Waals surface area contributed by atoms with E-state index in [4.69, 9.17) is 11.6 Å². The quantitative estimate of drug-likeness (QED) is 0.900. The molecule has 7 heteroatoms. The van der Waals surface area contributed by atoms with Gasteiger partial charge >= 0.3 is 5.69 Å². The smallest absolute Gasteiger partial charge is 0.330 e. The van der Waals surface area contributed by atoms with Crippen molar-refractivity contribution in [3.05, 3.63) is 59.8 Å². The normalized spacial score (nSPS) is 10.7. The Morgan fingerprint density at radius 1 is 1.19 bits per heavy atom. The number of anilines is 1. The van der Waals surface area contributed by atoms with Gasteiger partial charge in [0.1, 0.15) is 0 Å². The largest absolute Gasteiger partial charge is 0.379 e. The lowest BCUT2D eigenvalue weighted by atomic mass is 10.2. The molecule has 0 atom stereocenters. The van der Waals surface area contributed by atoms with Crippen molar-refractivity contribution in [1.29, 1.82) is 0 Å². The third-order valence-electron chi connectivity index (χ3n) is 3.33. The Morgan fingerprint density at radius 2 is 1.86 bits per heavy atom. The number of benzene rings is 1. The summed E-state index contributed by atoms with van der Waals surface area (Å²) in [6.45, 7) is 2.27. The summed E-state index contributed by atoms with van der Waals surface area (Å²) in [5.41, 5.74) is 1.71. The second-order valence-corrected chi connectivity index (χ2v) is 6.07. The van der Waals surface area contributed by atoms with Crippen LogP contribution in [0, 0.1) is 6.92 Å². The summed E-state index contributed by atoms with van der Waals surface area (Å²) >= 11 is 9.56. The van der Waals surface area contributed by atoms with Crippen LogP contribution in [0.2, 0.25) is 5.02 Å². The lowest BCUT2D eigenvalue weighted by Crippen LogP contribution is -2.38. The van der Waals surface area contributed by atoms with Gasteiger partial charge in [-0.3, -0.25) is 13.9 Å². The molecule has 5 nitrogen and oxygen atoms in total. The Kier molecular flexibility index (Phi) is 4.58. The van der Waals surface area contributed by atoms with Crippen LogP contribution in [0.4, 0.5) is 5.69 Å². The summed E-state index contributed by atoms with van der Waals surface area (Å²) in [7, 11) is 3.09. The molecule has 21 heavy (non-hydrogen) atoms. The predicted octanol–water partition coefficient (Wildman–Crippen LogP) is 2.42. The maximum atomic E-state index is 11.9. The number of nitrogens with zero attached hydrogens (tertiary/aromatic N) is 2. The number of rotatable bonds is 3. The number of nitrogens with one attached hydrogen (secondary N) is 1. The van der Waals surface area contributed by atoms with Crippen molar-refractivity contribution < 1.29 is 0 Å². The molecule has 1 aromatic heterocycles. The fourth-order valence-corrected chi connectivity index (χ4v) is 2.68. The molecule has 0 aliphatic carbocycles.